The first-order chi connectivity index (χ1) is 8.28. The fourth-order valence-corrected chi connectivity index (χ4v) is 1.08. The van der Waals surface area contributed by atoms with Crippen molar-refractivity contribution in [2.24, 2.45) is 0 Å². The van der Waals surface area contributed by atoms with Gasteiger partial charge in [0.05, 0.1) is 6.42 Å². The van der Waals surface area contributed by atoms with E-state index in [9.17, 15) is 22.8 Å². The molecule has 0 aromatic carbocycles. The smallest absolute Gasteiger partial charge is 0.389 e. The van der Waals surface area contributed by atoms with Crippen molar-refractivity contribution < 1.29 is 27.9 Å². The van der Waals surface area contributed by atoms with E-state index in [1.54, 1.807) is 0 Å². The van der Waals surface area contributed by atoms with Gasteiger partial charge in [-0.1, -0.05) is 6.07 Å². The number of hydrogen-bond donors (Lipinski definition) is 2. The van der Waals surface area contributed by atoms with Crippen LogP contribution in [0.4, 0.5) is 19.0 Å². The average Bonchev–Trinajstić information content (AvgIpc) is 2.26. The number of carboxylic acids is 1. The number of nitrogens with zero attached hydrogens (tertiary/aromatic N) is 1. The number of alkyl halides is 3. The SMILES string of the molecule is O=C(CCC(F)(F)F)Nc1cccc(C(=O)O)n1. The summed E-state index contributed by atoms with van der Waals surface area (Å²) in [6.45, 7) is 0. The number of nitrogens with one attached hydrogen (secondary N) is 1. The van der Waals surface area contributed by atoms with Crippen LogP contribution in [0.1, 0.15) is 23.3 Å². The zero-order valence-corrected chi connectivity index (χ0v) is 8.99. The van der Waals surface area contributed by atoms with Gasteiger partial charge in [-0.25, -0.2) is 9.78 Å². The fraction of sp³-hybridized carbons (Fsp3) is 0.300. The van der Waals surface area contributed by atoms with Crippen molar-refractivity contribution in [2.75, 3.05) is 5.32 Å². The minimum absolute atomic E-state index is 0.0953. The molecule has 5 nitrogen and oxygen atoms in total. The van der Waals surface area contributed by atoms with Crippen molar-refractivity contribution in [1.82, 2.24) is 4.98 Å². The second-order valence-corrected chi connectivity index (χ2v) is 3.38. The van der Waals surface area contributed by atoms with Crippen molar-refractivity contribution in [1.29, 1.82) is 0 Å². The molecule has 0 saturated carbocycles. The monoisotopic (exact) mass is 262 g/mol. The van der Waals surface area contributed by atoms with Crippen LogP contribution in [0.3, 0.4) is 0 Å². The van der Waals surface area contributed by atoms with E-state index in [4.69, 9.17) is 5.11 Å². The fourth-order valence-electron chi connectivity index (χ4n) is 1.08. The topological polar surface area (TPSA) is 79.3 Å². The summed E-state index contributed by atoms with van der Waals surface area (Å²) in [6.07, 6.45) is -6.38. The molecule has 1 aromatic rings. The van der Waals surface area contributed by atoms with Crippen molar-refractivity contribution >= 4 is 17.7 Å². The highest BCUT2D eigenvalue weighted by molar-refractivity contribution is 5.91. The molecule has 98 valence electrons. The predicted octanol–water partition coefficient (Wildman–Crippen LogP) is 2.06. The van der Waals surface area contributed by atoms with Crippen LogP contribution < -0.4 is 5.32 Å². The molecule has 0 spiro atoms. The lowest BCUT2D eigenvalue weighted by atomic mass is 10.3. The second kappa shape index (κ2) is 5.48. The van der Waals surface area contributed by atoms with Gasteiger partial charge in [-0.05, 0) is 12.1 Å². The number of aromatic nitrogens is 1. The summed E-state index contributed by atoms with van der Waals surface area (Å²) in [7, 11) is 0. The molecule has 0 aliphatic rings. The zero-order chi connectivity index (χ0) is 13.8. The van der Waals surface area contributed by atoms with Gasteiger partial charge in [0.2, 0.25) is 5.91 Å². The molecule has 2 N–H and O–H groups in total. The third-order valence-electron chi connectivity index (χ3n) is 1.87. The highest BCUT2D eigenvalue weighted by Gasteiger charge is 2.27. The highest BCUT2D eigenvalue weighted by Crippen LogP contribution is 2.21. The summed E-state index contributed by atoms with van der Waals surface area (Å²) < 4.78 is 35.6. The first-order valence-electron chi connectivity index (χ1n) is 4.85. The number of anilines is 1. The number of halogens is 3. The van der Waals surface area contributed by atoms with Crippen molar-refractivity contribution in [3.05, 3.63) is 23.9 Å². The Hall–Kier alpha value is -2.12. The molecule has 1 heterocycles. The third kappa shape index (κ3) is 4.81. The van der Waals surface area contributed by atoms with Gasteiger partial charge in [-0.3, -0.25) is 4.79 Å². The standard InChI is InChI=1S/C10H9F3N2O3/c11-10(12,13)5-4-8(16)15-7-3-1-2-6(14-7)9(17)18/h1-3H,4-5H2,(H,17,18)(H,14,15,16). The minimum Gasteiger partial charge on any atom is -0.477 e. The summed E-state index contributed by atoms with van der Waals surface area (Å²) >= 11 is 0. The Morgan fingerprint density at radius 1 is 1.33 bits per heavy atom. The molecule has 1 rings (SSSR count). The van der Waals surface area contributed by atoms with Crippen LogP contribution in [0.25, 0.3) is 0 Å². The molecular formula is C10H9F3N2O3. The van der Waals surface area contributed by atoms with Gasteiger partial charge in [-0.15, -0.1) is 0 Å². The molecule has 0 aliphatic carbocycles. The second-order valence-electron chi connectivity index (χ2n) is 3.38. The van der Waals surface area contributed by atoms with E-state index in [1.807, 2.05) is 0 Å². The van der Waals surface area contributed by atoms with Crippen LogP contribution in [0.2, 0.25) is 0 Å². The maximum atomic E-state index is 11.9. The van der Waals surface area contributed by atoms with E-state index < -0.39 is 30.9 Å². The molecule has 1 aromatic heterocycles. The van der Waals surface area contributed by atoms with Crippen molar-refractivity contribution in [2.45, 2.75) is 19.0 Å². The van der Waals surface area contributed by atoms with Crippen molar-refractivity contribution in [3.8, 4) is 0 Å². The van der Waals surface area contributed by atoms with Gasteiger partial charge >= 0.3 is 12.1 Å². The normalized spacial score (nSPS) is 11.1. The van der Waals surface area contributed by atoms with Crippen LogP contribution in [-0.4, -0.2) is 28.1 Å². The highest BCUT2D eigenvalue weighted by atomic mass is 19.4. The number of carboxylic acid groups (broad SMARTS) is 1. The van der Waals surface area contributed by atoms with Gasteiger partial charge in [0.25, 0.3) is 0 Å². The number of aromatic carboxylic acids is 1. The summed E-state index contributed by atoms with van der Waals surface area (Å²) in [4.78, 5) is 25.3. The Balaban J connectivity index is 2.59. The summed E-state index contributed by atoms with van der Waals surface area (Å²) in [5.41, 5.74) is -0.302. The van der Waals surface area contributed by atoms with Crippen LogP contribution in [0.5, 0.6) is 0 Å². The third-order valence-corrected chi connectivity index (χ3v) is 1.87. The number of hydrogen-bond acceptors (Lipinski definition) is 3. The first kappa shape index (κ1) is 13.9. The number of carbonyl (C=O) groups is 2. The lowest BCUT2D eigenvalue weighted by Crippen LogP contribution is -2.17. The molecule has 0 aliphatic heterocycles. The Morgan fingerprint density at radius 3 is 2.56 bits per heavy atom. The molecule has 0 unspecified atom stereocenters. The summed E-state index contributed by atoms with van der Waals surface area (Å²) in [5, 5.41) is 10.7. The van der Waals surface area contributed by atoms with Gasteiger partial charge in [0.1, 0.15) is 5.82 Å². The van der Waals surface area contributed by atoms with Gasteiger partial charge < -0.3 is 10.4 Å². The number of amides is 1. The largest absolute Gasteiger partial charge is 0.477 e. The Kier molecular flexibility index (Phi) is 4.24. The molecule has 0 saturated heterocycles. The zero-order valence-electron chi connectivity index (χ0n) is 8.99. The molecule has 0 fully saturated rings. The van der Waals surface area contributed by atoms with Crippen LogP contribution in [0.15, 0.2) is 18.2 Å². The molecule has 0 atom stereocenters. The number of pyridine rings is 1. The predicted molar refractivity (Wildman–Crippen MR) is 55.1 cm³/mol. The summed E-state index contributed by atoms with van der Waals surface area (Å²) in [5.74, 6) is -2.26. The maximum Gasteiger partial charge on any atom is 0.389 e. The molecule has 0 bridgehead atoms. The molecule has 8 heteroatoms. The van der Waals surface area contributed by atoms with Crippen LogP contribution in [-0.2, 0) is 4.79 Å². The lowest BCUT2D eigenvalue weighted by molar-refractivity contribution is -0.142. The van der Waals surface area contributed by atoms with Gasteiger partial charge in [-0.2, -0.15) is 13.2 Å². The van der Waals surface area contributed by atoms with Gasteiger partial charge in [0, 0.05) is 6.42 Å². The molecule has 18 heavy (non-hydrogen) atoms. The van der Waals surface area contributed by atoms with E-state index in [2.05, 4.69) is 10.3 Å². The Morgan fingerprint density at radius 2 is 2.00 bits per heavy atom. The van der Waals surface area contributed by atoms with E-state index in [0.29, 0.717) is 0 Å². The summed E-state index contributed by atoms with van der Waals surface area (Å²) in [6, 6.07) is 3.82. The van der Waals surface area contributed by atoms with E-state index in [-0.39, 0.29) is 11.5 Å². The van der Waals surface area contributed by atoms with E-state index in [0.717, 1.165) is 0 Å². The average molecular weight is 262 g/mol. The maximum absolute atomic E-state index is 11.9. The molecule has 1 amide bonds. The van der Waals surface area contributed by atoms with E-state index >= 15 is 0 Å². The molecule has 0 radical (unpaired) electrons. The van der Waals surface area contributed by atoms with Crippen LogP contribution in [0, 0.1) is 0 Å². The first-order valence-corrected chi connectivity index (χ1v) is 4.85. The Labute approximate surface area is 99.6 Å². The number of rotatable bonds is 4. The van der Waals surface area contributed by atoms with Gasteiger partial charge in [0.15, 0.2) is 5.69 Å². The number of carbonyl (C=O) groups excluding carboxylic acids is 1. The quantitative estimate of drug-likeness (QED) is 0.870. The molecular weight excluding hydrogens is 253 g/mol. The minimum atomic E-state index is -4.41. The van der Waals surface area contributed by atoms with Crippen molar-refractivity contribution in [3.63, 3.8) is 0 Å². The Bertz CT molecular complexity index is 460. The lowest BCUT2D eigenvalue weighted by Gasteiger charge is -2.07. The van der Waals surface area contributed by atoms with Crippen LogP contribution >= 0.6 is 0 Å². The van der Waals surface area contributed by atoms with E-state index in [1.165, 1.54) is 18.2 Å².